The molecule has 3 rings (SSSR count). The van der Waals surface area contributed by atoms with Crippen LogP contribution >= 0.6 is 22.9 Å². The van der Waals surface area contributed by atoms with E-state index in [-0.39, 0.29) is 4.90 Å². The summed E-state index contributed by atoms with van der Waals surface area (Å²) >= 11 is 7.66. The number of methoxy groups -OCH3 is 1. The number of halogens is 1. The summed E-state index contributed by atoms with van der Waals surface area (Å²) in [6.45, 7) is 8.60. The second kappa shape index (κ2) is 10.8. The maximum atomic E-state index is 13.3. The zero-order chi connectivity index (χ0) is 24.2. The van der Waals surface area contributed by atoms with Crippen LogP contribution in [-0.2, 0) is 14.6 Å². The molecule has 0 saturated heterocycles. The first-order valence-electron chi connectivity index (χ1n) is 10.6. The van der Waals surface area contributed by atoms with Gasteiger partial charge in [-0.25, -0.2) is 13.4 Å². The lowest BCUT2D eigenvalue weighted by Crippen LogP contribution is -2.41. The number of thiazole rings is 1. The van der Waals surface area contributed by atoms with Crippen molar-refractivity contribution in [3.63, 3.8) is 0 Å². The predicted octanol–water partition coefficient (Wildman–Crippen LogP) is 4.42. The second-order valence-electron chi connectivity index (χ2n) is 7.55. The molecule has 0 aliphatic heterocycles. The Labute approximate surface area is 203 Å². The highest BCUT2D eigenvalue weighted by molar-refractivity contribution is 7.92. The fraction of sp³-hybridized carbons (Fsp3) is 0.391. The van der Waals surface area contributed by atoms with E-state index >= 15 is 0 Å². The lowest BCUT2D eigenvalue weighted by molar-refractivity contribution is -0.116. The van der Waals surface area contributed by atoms with Gasteiger partial charge in [0.2, 0.25) is 5.91 Å². The van der Waals surface area contributed by atoms with E-state index in [2.05, 4.69) is 9.88 Å². The summed E-state index contributed by atoms with van der Waals surface area (Å²) in [5.74, 6) is -0.631. The average molecular weight is 510 g/mol. The molecule has 0 N–H and O–H groups in total. The molecule has 0 radical (unpaired) electrons. The Hall–Kier alpha value is -2.20. The molecular formula is C23H28ClN3O4S2. The van der Waals surface area contributed by atoms with E-state index in [0.717, 1.165) is 28.9 Å². The second-order valence-corrected chi connectivity index (χ2v) is 10.9. The molecule has 0 unspecified atom stereocenters. The highest BCUT2D eigenvalue weighted by Gasteiger charge is 2.27. The van der Waals surface area contributed by atoms with E-state index in [4.69, 9.17) is 16.3 Å². The van der Waals surface area contributed by atoms with Gasteiger partial charge in [-0.05, 0) is 55.9 Å². The van der Waals surface area contributed by atoms with Crippen molar-refractivity contribution in [2.75, 3.05) is 43.9 Å². The van der Waals surface area contributed by atoms with Gasteiger partial charge in [0.25, 0.3) is 0 Å². The van der Waals surface area contributed by atoms with Gasteiger partial charge in [0.15, 0.2) is 15.0 Å². The molecule has 1 aromatic heterocycles. The lowest BCUT2D eigenvalue weighted by Gasteiger charge is -2.24. The van der Waals surface area contributed by atoms with Gasteiger partial charge in [0, 0.05) is 13.1 Å². The van der Waals surface area contributed by atoms with E-state index in [0.29, 0.717) is 29.0 Å². The normalized spacial score (nSPS) is 11.8. The number of hydrogen-bond donors (Lipinski definition) is 0. The fourth-order valence-corrected chi connectivity index (χ4v) is 5.98. The zero-order valence-corrected chi connectivity index (χ0v) is 21.6. The van der Waals surface area contributed by atoms with Gasteiger partial charge >= 0.3 is 0 Å². The number of carbonyl (C=O) groups excluding carboxylic acids is 1. The first kappa shape index (κ1) is 25.4. The Morgan fingerprint density at radius 1 is 1.09 bits per heavy atom. The van der Waals surface area contributed by atoms with Crippen LogP contribution in [0.4, 0.5) is 5.13 Å². The van der Waals surface area contributed by atoms with Crippen LogP contribution in [0.2, 0.25) is 5.02 Å². The highest BCUT2D eigenvalue weighted by atomic mass is 35.5. The number of anilines is 1. The third kappa shape index (κ3) is 5.84. The molecule has 2 aromatic carbocycles. The summed E-state index contributed by atoms with van der Waals surface area (Å²) in [7, 11) is -2.34. The predicted molar refractivity (Wildman–Crippen MR) is 135 cm³/mol. The van der Waals surface area contributed by atoms with E-state index in [1.165, 1.54) is 35.5 Å². The number of likely N-dealkylation sites (N-methyl/N-ethyl adjacent to an activating group) is 1. The van der Waals surface area contributed by atoms with Crippen LogP contribution in [0.5, 0.6) is 5.75 Å². The smallest absolute Gasteiger partial charge is 0.244 e. The molecule has 1 amide bonds. The van der Waals surface area contributed by atoms with Crippen LogP contribution in [0.25, 0.3) is 10.2 Å². The van der Waals surface area contributed by atoms with Gasteiger partial charge in [0.05, 0.1) is 27.2 Å². The van der Waals surface area contributed by atoms with E-state index in [1.807, 2.05) is 26.8 Å². The molecule has 0 spiro atoms. The number of hydrogen-bond acceptors (Lipinski definition) is 7. The van der Waals surface area contributed by atoms with E-state index < -0.39 is 21.5 Å². The molecular weight excluding hydrogens is 482 g/mol. The van der Waals surface area contributed by atoms with Crippen molar-refractivity contribution in [2.45, 2.75) is 25.7 Å². The average Bonchev–Trinajstić information content (AvgIpc) is 3.25. The maximum absolute atomic E-state index is 13.3. The Morgan fingerprint density at radius 2 is 1.76 bits per heavy atom. The molecule has 178 valence electrons. The first-order chi connectivity index (χ1) is 15.7. The van der Waals surface area contributed by atoms with Crippen LogP contribution in [-0.4, -0.2) is 63.3 Å². The van der Waals surface area contributed by atoms with Crippen molar-refractivity contribution in [3.8, 4) is 5.75 Å². The van der Waals surface area contributed by atoms with Crippen LogP contribution in [0.3, 0.4) is 0 Å². The van der Waals surface area contributed by atoms with Crippen molar-refractivity contribution in [2.24, 2.45) is 0 Å². The number of nitrogens with zero attached hydrogens (tertiary/aromatic N) is 3. The number of benzene rings is 2. The zero-order valence-electron chi connectivity index (χ0n) is 19.2. The summed E-state index contributed by atoms with van der Waals surface area (Å²) in [5, 5.41) is 1.00. The van der Waals surface area contributed by atoms with E-state index in [1.54, 1.807) is 18.2 Å². The minimum atomic E-state index is -3.84. The molecule has 1 heterocycles. The van der Waals surface area contributed by atoms with Crippen molar-refractivity contribution in [1.29, 1.82) is 0 Å². The monoisotopic (exact) mass is 509 g/mol. The Morgan fingerprint density at radius 3 is 2.33 bits per heavy atom. The SMILES string of the molecule is CCN(CC)CCN(C(=O)CS(=O)(=O)c1ccc(OC)cc1)c1nc2c(C)ccc(Cl)c2s1. The van der Waals surface area contributed by atoms with Gasteiger partial charge in [-0.3, -0.25) is 9.69 Å². The maximum Gasteiger partial charge on any atom is 0.244 e. The summed E-state index contributed by atoms with van der Waals surface area (Å²) in [6.07, 6.45) is 0. The van der Waals surface area contributed by atoms with Crippen molar-refractivity contribution in [3.05, 3.63) is 47.0 Å². The van der Waals surface area contributed by atoms with E-state index in [9.17, 15) is 13.2 Å². The number of aryl methyl sites for hydroxylation is 1. The lowest BCUT2D eigenvalue weighted by atomic mass is 10.2. The molecule has 10 heteroatoms. The largest absolute Gasteiger partial charge is 0.497 e. The topological polar surface area (TPSA) is 79.8 Å². The van der Waals surface area contributed by atoms with Crippen LogP contribution in [0.15, 0.2) is 41.3 Å². The number of rotatable bonds is 10. The Bertz CT molecular complexity index is 1180. The summed E-state index contributed by atoms with van der Waals surface area (Å²) < 4.78 is 31.8. The van der Waals surface area contributed by atoms with Crippen molar-refractivity contribution < 1.29 is 17.9 Å². The van der Waals surface area contributed by atoms with Gasteiger partial charge < -0.3 is 9.64 Å². The number of carbonyl (C=O) groups is 1. The summed E-state index contributed by atoms with van der Waals surface area (Å²) in [6, 6.07) is 9.70. The fourth-order valence-electron chi connectivity index (χ4n) is 3.42. The number of amides is 1. The highest BCUT2D eigenvalue weighted by Crippen LogP contribution is 2.35. The number of aromatic nitrogens is 1. The number of fused-ring (bicyclic) bond motifs is 1. The minimum absolute atomic E-state index is 0.0727. The van der Waals surface area contributed by atoms with Gasteiger partial charge in [-0.15, -0.1) is 0 Å². The summed E-state index contributed by atoms with van der Waals surface area (Å²) in [4.78, 5) is 21.7. The van der Waals surface area contributed by atoms with Crippen LogP contribution < -0.4 is 9.64 Å². The molecule has 0 atom stereocenters. The minimum Gasteiger partial charge on any atom is -0.497 e. The molecule has 0 aliphatic carbocycles. The molecule has 0 aliphatic rings. The van der Waals surface area contributed by atoms with Gasteiger partial charge in [-0.1, -0.05) is 42.9 Å². The molecule has 0 fully saturated rings. The Balaban J connectivity index is 1.94. The van der Waals surface area contributed by atoms with Gasteiger partial charge in [-0.2, -0.15) is 0 Å². The molecule has 0 saturated carbocycles. The quantitative estimate of drug-likeness (QED) is 0.402. The van der Waals surface area contributed by atoms with Crippen molar-refractivity contribution >= 4 is 54.0 Å². The van der Waals surface area contributed by atoms with Crippen LogP contribution in [0, 0.1) is 6.92 Å². The molecule has 33 heavy (non-hydrogen) atoms. The molecule has 3 aromatic rings. The van der Waals surface area contributed by atoms with Crippen LogP contribution in [0.1, 0.15) is 19.4 Å². The van der Waals surface area contributed by atoms with Crippen molar-refractivity contribution in [1.82, 2.24) is 9.88 Å². The summed E-state index contributed by atoms with van der Waals surface area (Å²) in [5.41, 5.74) is 1.67. The first-order valence-corrected chi connectivity index (χ1v) is 13.5. The number of sulfone groups is 1. The Kier molecular flexibility index (Phi) is 8.33. The third-order valence-corrected chi connectivity index (χ3v) is 8.64. The third-order valence-electron chi connectivity index (χ3n) is 5.48. The molecule has 7 nitrogen and oxygen atoms in total. The molecule has 0 bridgehead atoms. The standard InChI is InChI=1S/C23H28ClN3O4S2/c1-5-26(6-2)13-14-27(23-25-21-16(3)7-12-19(24)22(21)32-23)20(28)15-33(29,30)18-10-8-17(31-4)9-11-18/h7-12H,5-6,13-15H2,1-4H3. The number of ether oxygens (including phenoxy) is 1. The van der Waals surface area contributed by atoms with Gasteiger partial charge in [0.1, 0.15) is 11.5 Å².